The van der Waals surface area contributed by atoms with Gasteiger partial charge in [0, 0.05) is 24.2 Å². The fourth-order valence-electron chi connectivity index (χ4n) is 3.77. The van der Waals surface area contributed by atoms with Gasteiger partial charge in [-0.3, -0.25) is 4.79 Å². The minimum atomic E-state index is -0.897. The lowest BCUT2D eigenvalue weighted by atomic mass is 9.78. The summed E-state index contributed by atoms with van der Waals surface area (Å²) in [6, 6.07) is 3.68. The Kier molecular flexibility index (Phi) is 6.18. The number of hydrogen-bond acceptors (Lipinski definition) is 3. The Morgan fingerprint density at radius 2 is 1.76 bits per heavy atom. The van der Waals surface area contributed by atoms with Gasteiger partial charge in [0.1, 0.15) is 5.78 Å². The topological polar surface area (TPSA) is 35.5 Å². The van der Waals surface area contributed by atoms with Crippen LogP contribution in [-0.4, -0.2) is 25.3 Å². The largest absolute Gasteiger partial charge is 0.352 e. The molecule has 0 N–H and O–H groups in total. The SMILES string of the molecule is CCC1COC(C2CCC(C(=O)Cc3ccc(F)c(F)c3)CC2)OC1. The van der Waals surface area contributed by atoms with Gasteiger partial charge in [0.05, 0.1) is 13.2 Å². The highest BCUT2D eigenvalue weighted by Crippen LogP contribution is 2.35. The molecule has 0 atom stereocenters. The van der Waals surface area contributed by atoms with E-state index in [1.165, 1.54) is 6.07 Å². The third-order valence-corrected chi connectivity index (χ3v) is 5.54. The van der Waals surface area contributed by atoms with E-state index >= 15 is 0 Å². The molecule has 138 valence electrons. The van der Waals surface area contributed by atoms with Crippen LogP contribution in [-0.2, 0) is 20.7 Å². The molecule has 2 aliphatic rings. The van der Waals surface area contributed by atoms with Crippen molar-refractivity contribution in [2.45, 2.75) is 51.7 Å². The zero-order valence-corrected chi connectivity index (χ0v) is 14.7. The Morgan fingerprint density at radius 1 is 1.08 bits per heavy atom. The first kappa shape index (κ1) is 18.5. The molecule has 1 heterocycles. The van der Waals surface area contributed by atoms with E-state index in [-0.39, 0.29) is 24.4 Å². The fraction of sp³-hybridized carbons (Fsp3) is 0.650. The zero-order valence-electron chi connectivity index (χ0n) is 14.7. The number of benzene rings is 1. The summed E-state index contributed by atoms with van der Waals surface area (Å²) < 4.78 is 37.9. The molecule has 1 aromatic carbocycles. The Balaban J connectivity index is 1.47. The van der Waals surface area contributed by atoms with Crippen LogP contribution in [0, 0.1) is 29.4 Å². The summed E-state index contributed by atoms with van der Waals surface area (Å²) in [5.74, 6) is -0.826. The molecule has 3 nitrogen and oxygen atoms in total. The highest BCUT2D eigenvalue weighted by atomic mass is 19.2. The molecule has 1 saturated heterocycles. The van der Waals surface area contributed by atoms with Crippen LogP contribution in [0.1, 0.15) is 44.6 Å². The van der Waals surface area contributed by atoms with Gasteiger partial charge in [-0.15, -0.1) is 0 Å². The van der Waals surface area contributed by atoms with E-state index in [4.69, 9.17) is 9.47 Å². The normalized spacial score (nSPS) is 30.2. The smallest absolute Gasteiger partial charge is 0.160 e. The maximum Gasteiger partial charge on any atom is 0.160 e. The summed E-state index contributed by atoms with van der Waals surface area (Å²) in [7, 11) is 0. The Hall–Kier alpha value is -1.33. The van der Waals surface area contributed by atoms with E-state index < -0.39 is 11.6 Å². The number of Topliss-reactive ketones (excluding diaryl/α,β-unsaturated/α-hetero) is 1. The summed E-state index contributed by atoms with van der Waals surface area (Å²) in [6.07, 6.45) is 4.55. The second-order valence-electron chi connectivity index (χ2n) is 7.31. The van der Waals surface area contributed by atoms with Crippen LogP contribution in [0.25, 0.3) is 0 Å². The van der Waals surface area contributed by atoms with E-state index in [1.807, 2.05) is 0 Å². The van der Waals surface area contributed by atoms with E-state index in [2.05, 4.69) is 6.92 Å². The van der Waals surface area contributed by atoms with Gasteiger partial charge in [0.25, 0.3) is 0 Å². The molecule has 1 aliphatic heterocycles. The molecular formula is C20H26F2O3. The first-order valence-corrected chi connectivity index (χ1v) is 9.26. The van der Waals surface area contributed by atoms with Crippen molar-refractivity contribution in [3.05, 3.63) is 35.4 Å². The van der Waals surface area contributed by atoms with Crippen LogP contribution in [0.15, 0.2) is 18.2 Å². The predicted octanol–water partition coefficient (Wildman–Crippen LogP) is 4.28. The lowest BCUT2D eigenvalue weighted by molar-refractivity contribution is -0.229. The summed E-state index contributed by atoms with van der Waals surface area (Å²) in [6.45, 7) is 3.66. The van der Waals surface area contributed by atoms with Gasteiger partial charge < -0.3 is 9.47 Å². The van der Waals surface area contributed by atoms with Gasteiger partial charge >= 0.3 is 0 Å². The summed E-state index contributed by atoms with van der Waals surface area (Å²) in [5.41, 5.74) is 0.538. The minimum absolute atomic E-state index is 0.00338. The van der Waals surface area contributed by atoms with Crippen molar-refractivity contribution in [2.75, 3.05) is 13.2 Å². The molecule has 5 heteroatoms. The van der Waals surface area contributed by atoms with Gasteiger partial charge in [-0.2, -0.15) is 0 Å². The fourth-order valence-corrected chi connectivity index (χ4v) is 3.77. The average molecular weight is 352 g/mol. The molecule has 0 unspecified atom stereocenters. The van der Waals surface area contributed by atoms with Crippen molar-refractivity contribution >= 4 is 5.78 Å². The van der Waals surface area contributed by atoms with Crippen molar-refractivity contribution < 1.29 is 23.0 Å². The van der Waals surface area contributed by atoms with Crippen molar-refractivity contribution in [3.8, 4) is 0 Å². The second-order valence-corrected chi connectivity index (χ2v) is 7.31. The lowest BCUT2D eigenvalue weighted by Crippen LogP contribution is -2.39. The van der Waals surface area contributed by atoms with Crippen LogP contribution in [0.3, 0.4) is 0 Å². The van der Waals surface area contributed by atoms with Crippen LogP contribution in [0.2, 0.25) is 0 Å². The third-order valence-electron chi connectivity index (χ3n) is 5.54. The molecule has 1 aliphatic carbocycles. The van der Waals surface area contributed by atoms with Crippen molar-refractivity contribution in [3.63, 3.8) is 0 Å². The van der Waals surface area contributed by atoms with Crippen molar-refractivity contribution in [1.82, 2.24) is 0 Å². The molecule has 1 saturated carbocycles. The van der Waals surface area contributed by atoms with Crippen LogP contribution < -0.4 is 0 Å². The predicted molar refractivity (Wildman–Crippen MR) is 90.0 cm³/mol. The standard InChI is InChI=1S/C20H26F2O3/c1-2-13-11-24-20(25-12-13)16-6-4-15(5-7-16)19(23)10-14-3-8-17(21)18(22)9-14/h3,8-9,13,15-16,20H,2,4-7,10-12H2,1H3. The summed E-state index contributed by atoms with van der Waals surface area (Å²) in [4.78, 5) is 12.4. The van der Waals surface area contributed by atoms with E-state index in [9.17, 15) is 13.6 Å². The molecule has 0 amide bonds. The van der Waals surface area contributed by atoms with Crippen molar-refractivity contribution in [2.24, 2.45) is 17.8 Å². The number of ether oxygens (including phenoxy) is 2. The number of rotatable bonds is 5. The maximum absolute atomic E-state index is 13.3. The highest BCUT2D eigenvalue weighted by molar-refractivity contribution is 5.83. The van der Waals surface area contributed by atoms with E-state index in [1.54, 1.807) is 0 Å². The van der Waals surface area contributed by atoms with E-state index in [0.29, 0.717) is 17.4 Å². The Morgan fingerprint density at radius 3 is 2.36 bits per heavy atom. The average Bonchev–Trinajstić information content (AvgIpc) is 2.65. The molecule has 0 bridgehead atoms. The molecule has 25 heavy (non-hydrogen) atoms. The summed E-state index contributed by atoms with van der Waals surface area (Å²) >= 11 is 0. The summed E-state index contributed by atoms with van der Waals surface area (Å²) in [5, 5.41) is 0. The van der Waals surface area contributed by atoms with Gasteiger partial charge in [0.2, 0.25) is 0 Å². The molecule has 0 radical (unpaired) electrons. The number of carbonyl (C=O) groups excluding carboxylic acids is 1. The number of halogens is 2. The van der Waals surface area contributed by atoms with Gasteiger partial charge in [-0.25, -0.2) is 8.78 Å². The number of carbonyl (C=O) groups is 1. The number of ketones is 1. The molecule has 1 aromatic rings. The monoisotopic (exact) mass is 352 g/mol. The molecule has 0 aromatic heterocycles. The van der Waals surface area contributed by atoms with Gasteiger partial charge in [-0.05, 0) is 49.8 Å². The molecule has 0 spiro atoms. The zero-order chi connectivity index (χ0) is 17.8. The maximum atomic E-state index is 13.3. The number of hydrogen-bond donors (Lipinski definition) is 0. The third kappa shape index (κ3) is 4.64. The Labute approximate surface area is 147 Å². The highest BCUT2D eigenvalue weighted by Gasteiger charge is 2.34. The van der Waals surface area contributed by atoms with Crippen LogP contribution in [0.4, 0.5) is 8.78 Å². The molecule has 3 rings (SSSR count). The van der Waals surface area contributed by atoms with E-state index in [0.717, 1.165) is 57.5 Å². The van der Waals surface area contributed by atoms with Gasteiger partial charge in [-0.1, -0.05) is 13.0 Å². The lowest BCUT2D eigenvalue weighted by Gasteiger charge is -2.37. The van der Waals surface area contributed by atoms with Crippen molar-refractivity contribution in [1.29, 1.82) is 0 Å². The second kappa shape index (κ2) is 8.37. The molecule has 2 fully saturated rings. The van der Waals surface area contributed by atoms with Gasteiger partial charge in [0.15, 0.2) is 17.9 Å². The first-order chi connectivity index (χ1) is 12.1. The van der Waals surface area contributed by atoms with Crippen LogP contribution in [0.5, 0.6) is 0 Å². The Bertz CT molecular complexity index is 589. The molecular weight excluding hydrogens is 326 g/mol. The quantitative estimate of drug-likeness (QED) is 0.793. The first-order valence-electron chi connectivity index (χ1n) is 9.26. The van der Waals surface area contributed by atoms with Crippen LogP contribution >= 0.6 is 0 Å². The minimum Gasteiger partial charge on any atom is -0.352 e.